The maximum absolute atomic E-state index is 12.6. The average Bonchev–Trinajstić information content (AvgIpc) is 2.85. The van der Waals surface area contributed by atoms with Crippen molar-refractivity contribution in [2.45, 2.75) is 17.4 Å². The molecule has 2 aromatic carbocycles. The van der Waals surface area contributed by atoms with E-state index in [0.29, 0.717) is 28.6 Å². The van der Waals surface area contributed by atoms with E-state index in [-0.39, 0.29) is 23.6 Å². The zero-order valence-electron chi connectivity index (χ0n) is 19.5. The van der Waals surface area contributed by atoms with E-state index in [4.69, 9.17) is 23.7 Å². The molecule has 34 heavy (non-hydrogen) atoms. The first-order valence-corrected chi connectivity index (χ1v) is 11.4. The summed E-state index contributed by atoms with van der Waals surface area (Å²) in [5.74, 6) is 1.11. The zero-order valence-corrected chi connectivity index (χ0v) is 20.3. The number of carbonyl (C=O) groups is 1. The molecule has 0 aliphatic rings. The van der Waals surface area contributed by atoms with E-state index < -0.39 is 22.0 Å². The van der Waals surface area contributed by atoms with Crippen LogP contribution in [0.5, 0.6) is 28.7 Å². The molecule has 0 aliphatic heterocycles. The van der Waals surface area contributed by atoms with Gasteiger partial charge < -0.3 is 29.0 Å². The normalized spacial score (nSPS) is 11.6. The lowest BCUT2D eigenvalue weighted by Gasteiger charge is -2.17. The third-order valence-electron chi connectivity index (χ3n) is 4.76. The zero-order chi connectivity index (χ0) is 25.3. The predicted octanol–water partition coefficient (Wildman–Crippen LogP) is 1.78. The van der Waals surface area contributed by atoms with E-state index in [0.717, 1.165) is 0 Å². The summed E-state index contributed by atoms with van der Waals surface area (Å²) in [5.41, 5.74) is 0.413. The van der Waals surface area contributed by atoms with Crippen LogP contribution in [-0.2, 0) is 14.8 Å². The summed E-state index contributed by atoms with van der Waals surface area (Å²) in [5, 5.41) is 12.1. The number of hydrogen-bond acceptors (Lipinski definition) is 9. The van der Waals surface area contributed by atoms with Gasteiger partial charge in [0.05, 0.1) is 46.5 Å². The molecule has 184 valence electrons. The number of benzene rings is 2. The van der Waals surface area contributed by atoms with Gasteiger partial charge in [-0.1, -0.05) is 0 Å². The molecule has 0 heterocycles. The summed E-state index contributed by atoms with van der Waals surface area (Å²) in [7, 11) is 3.25. The lowest BCUT2D eigenvalue weighted by Crippen LogP contribution is -2.32. The lowest BCUT2D eigenvalue weighted by molar-refractivity contribution is -0.121. The number of nitrogens with one attached hydrogen (secondary N) is 2. The Balaban J connectivity index is 2.06. The molecule has 0 aromatic heterocycles. The highest BCUT2D eigenvalue weighted by Gasteiger charge is 2.21. The van der Waals surface area contributed by atoms with Gasteiger partial charge in [0.25, 0.3) is 0 Å². The number of methoxy groups -OCH3 is 5. The monoisotopic (exact) mass is 493 g/mol. The molecule has 1 atom stereocenters. The maximum Gasteiger partial charge on any atom is 0.240 e. The van der Waals surface area contributed by atoms with Crippen LogP contribution in [0.25, 0.3) is 0 Å². The van der Waals surface area contributed by atoms with Gasteiger partial charge >= 0.3 is 0 Å². The van der Waals surface area contributed by atoms with Gasteiger partial charge in [0, 0.05) is 19.0 Å². The van der Waals surface area contributed by atoms with Gasteiger partial charge in [-0.3, -0.25) is 4.79 Å². The second-order valence-corrected chi connectivity index (χ2v) is 8.52. The van der Waals surface area contributed by atoms with Gasteiger partial charge in [0.15, 0.2) is 23.0 Å². The summed E-state index contributed by atoms with van der Waals surface area (Å²) in [6.45, 7) is -0.185. The van der Waals surface area contributed by atoms with Crippen LogP contribution in [0.1, 0.15) is 18.0 Å². The van der Waals surface area contributed by atoms with Gasteiger partial charge in [0.1, 0.15) is 6.04 Å². The lowest BCUT2D eigenvalue weighted by atomic mass is 10.1. The molecule has 0 saturated carbocycles. The van der Waals surface area contributed by atoms with Crippen LogP contribution in [0.2, 0.25) is 0 Å². The number of nitrogens with zero attached hydrogens (tertiary/aromatic N) is 1. The highest BCUT2D eigenvalue weighted by atomic mass is 32.2. The summed E-state index contributed by atoms with van der Waals surface area (Å²) in [4.78, 5) is 12.4. The molecule has 2 aromatic rings. The summed E-state index contributed by atoms with van der Waals surface area (Å²) < 4.78 is 53.5. The number of sulfonamides is 1. The van der Waals surface area contributed by atoms with Gasteiger partial charge in [-0.2, -0.15) is 5.26 Å². The van der Waals surface area contributed by atoms with Gasteiger partial charge in [-0.15, -0.1) is 0 Å². The van der Waals surface area contributed by atoms with Crippen LogP contribution < -0.4 is 33.7 Å². The Morgan fingerprint density at radius 3 is 2.00 bits per heavy atom. The van der Waals surface area contributed by atoms with Crippen molar-refractivity contribution in [2.24, 2.45) is 0 Å². The Kier molecular flexibility index (Phi) is 9.35. The third-order valence-corrected chi connectivity index (χ3v) is 6.22. The van der Waals surface area contributed by atoms with E-state index in [2.05, 4.69) is 10.0 Å². The summed E-state index contributed by atoms with van der Waals surface area (Å²) in [6.07, 6.45) is -0.199. The second kappa shape index (κ2) is 12.0. The average molecular weight is 494 g/mol. The molecule has 0 aliphatic carbocycles. The third kappa shape index (κ3) is 6.21. The van der Waals surface area contributed by atoms with Crippen LogP contribution in [-0.4, -0.2) is 56.4 Å². The van der Waals surface area contributed by atoms with Gasteiger partial charge in [0.2, 0.25) is 21.7 Å². The van der Waals surface area contributed by atoms with E-state index >= 15 is 0 Å². The van der Waals surface area contributed by atoms with Gasteiger partial charge in [-0.25, -0.2) is 13.1 Å². The highest BCUT2D eigenvalue weighted by Crippen LogP contribution is 2.39. The second-order valence-electron chi connectivity index (χ2n) is 6.75. The number of amides is 1. The number of carbonyl (C=O) groups excluding carboxylic acids is 1. The predicted molar refractivity (Wildman–Crippen MR) is 122 cm³/mol. The topological polar surface area (TPSA) is 145 Å². The Hall–Kier alpha value is -3.69. The minimum atomic E-state index is -3.90. The standard InChI is InChI=1S/C22H27N3O8S/c1-29-17-7-6-15(12-18(17)30-2)34(27,28)24-9-8-21(26)25-16(13-23)14-10-19(31-3)22(33-5)20(11-14)32-4/h6-7,10-12,16,24H,8-9H2,1-5H3,(H,25,26). The molecule has 0 bridgehead atoms. The van der Waals surface area contributed by atoms with Gasteiger partial charge in [-0.05, 0) is 29.8 Å². The molecule has 0 radical (unpaired) electrons. The van der Waals surface area contributed by atoms with E-state index in [1.807, 2.05) is 6.07 Å². The molecule has 0 saturated heterocycles. The number of ether oxygens (including phenoxy) is 5. The Morgan fingerprint density at radius 2 is 1.50 bits per heavy atom. The van der Waals surface area contributed by atoms with E-state index in [1.54, 1.807) is 12.1 Å². The first-order chi connectivity index (χ1) is 16.2. The van der Waals surface area contributed by atoms with Crippen molar-refractivity contribution in [2.75, 3.05) is 42.1 Å². The maximum atomic E-state index is 12.6. The summed E-state index contributed by atoms with van der Waals surface area (Å²) in [6, 6.07) is 8.22. The minimum absolute atomic E-state index is 0.0436. The smallest absolute Gasteiger partial charge is 0.240 e. The van der Waals surface area contributed by atoms with E-state index in [1.165, 1.54) is 53.7 Å². The molecule has 11 nitrogen and oxygen atoms in total. The summed E-state index contributed by atoms with van der Waals surface area (Å²) >= 11 is 0. The molecule has 0 spiro atoms. The van der Waals surface area contributed by atoms with Crippen LogP contribution >= 0.6 is 0 Å². The van der Waals surface area contributed by atoms with Crippen molar-refractivity contribution >= 4 is 15.9 Å². The molecule has 1 unspecified atom stereocenters. The molecular formula is C22H27N3O8S. The molecule has 1 amide bonds. The van der Waals surface area contributed by atoms with Crippen LogP contribution in [0.15, 0.2) is 35.2 Å². The van der Waals surface area contributed by atoms with Crippen molar-refractivity contribution in [3.8, 4) is 34.8 Å². The molecule has 2 rings (SSSR count). The Bertz CT molecular complexity index is 1140. The first-order valence-electron chi connectivity index (χ1n) is 9.95. The molecular weight excluding hydrogens is 466 g/mol. The van der Waals surface area contributed by atoms with Crippen LogP contribution in [0.4, 0.5) is 0 Å². The molecule has 2 N–H and O–H groups in total. The minimum Gasteiger partial charge on any atom is -0.493 e. The highest BCUT2D eigenvalue weighted by molar-refractivity contribution is 7.89. The fourth-order valence-corrected chi connectivity index (χ4v) is 4.10. The largest absolute Gasteiger partial charge is 0.493 e. The van der Waals surface area contributed by atoms with Crippen molar-refractivity contribution in [3.63, 3.8) is 0 Å². The van der Waals surface area contributed by atoms with Crippen molar-refractivity contribution in [1.29, 1.82) is 5.26 Å². The fraction of sp³-hybridized carbons (Fsp3) is 0.364. The Morgan fingerprint density at radius 1 is 0.912 bits per heavy atom. The van der Waals surface area contributed by atoms with Crippen molar-refractivity contribution in [1.82, 2.24) is 10.0 Å². The quantitative estimate of drug-likeness (QED) is 0.452. The number of rotatable bonds is 12. The number of nitriles is 1. The van der Waals surface area contributed by atoms with Crippen molar-refractivity contribution < 1.29 is 36.9 Å². The fourth-order valence-electron chi connectivity index (χ4n) is 3.06. The molecule has 0 fully saturated rings. The molecule has 12 heteroatoms. The van der Waals surface area contributed by atoms with Crippen molar-refractivity contribution in [3.05, 3.63) is 35.9 Å². The Labute approximate surface area is 198 Å². The van der Waals surface area contributed by atoms with Crippen LogP contribution in [0.3, 0.4) is 0 Å². The first kappa shape index (κ1) is 26.6. The SMILES string of the molecule is COc1ccc(S(=O)(=O)NCCC(=O)NC(C#N)c2cc(OC)c(OC)c(OC)c2)cc1OC. The van der Waals surface area contributed by atoms with E-state index in [9.17, 15) is 18.5 Å². The van der Waals surface area contributed by atoms with Crippen LogP contribution in [0, 0.1) is 11.3 Å². The number of hydrogen-bond donors (Lipinski definition) is 2.